The molecule has 1 N–H and O–H groups in total. The number of rotatable bonds is 1. The van der Waals surface area contributed by atoms with Gasteiger partial charge in [-0.25, -0.2) is 9.40 Å². The van der Waals surface area contributed by atoms with Crippen LogP contribution in [-0.2, 0) is 10.5 Å². The first-order valence-electron chi connectivity index (χ1n) is 9.68. The first kappa shape index (κ1) is 18.7. The maximum Gasteiger partial charge on any atom is 0.306 e. The molecule has 0 bridgehead atoms. The van der Waals surface area contributed by atoms with Crippen LogP contribution in [0.5, 0.6) is 5.75 Å². The SMILES string of the molecule is O=C1Nc2ccc(Cl)cc2[C@]12Oc1ccc(Cl)cc1[C@H]1CC(c3ccc(F)cc3)=NN12. The summed E-state index contributed by atoms with van der Waals surface area (Å²) >= 11 is 12.5. The molecule has 0 saturated heterocycles. The number of ether oxygens (including phenoxy) is 1. The van der Waals surface area contributed by atoms with E-state index in [9.17, 15) is 9.18 Å². The quantitative estimate of drug-likeness (QED) is 0.530. The lowest BCUT2D eigenvalue weighted by Crippen LogP contribution is -2.55. The Bertz CT molecular complexity index is 1290. The molecule has 2 atom stereocenters. The van der Waals surface area contributed by atoms with Crippen LogP contribution < -0.4 is 10.1 Å². The molecule has 0 aromatic heterocycles. The predicted octanol–water partition coefficient (Wildman–Crippen LogP) is 5.48. The summed E-state index contributed by atoms with van der Waals surface area (Å²) in [5.41, 5.74) is 2.05. The number of carbonyl (C=O) groups is 1. The summed E-state index contributed by atoms with van der Waals surface area (Å²) in [6, 6.07) is 16.4. The molecule has 3 aromatic carbocycles. The average molecular weight is 454 g/mol. The molecule has 0 saturated carbocycles. The van der Waals surface area contributed by atoms with Crippen LogP contribution in [0.2, 0.25) is 10.0 Å². The molecular formula is C23H14Cl2FN3O2. The van der Waals surface area contributed by atoms with Gasteiger partial charge in [-0.15, -0.1) is 0 Å². The highest BCUT2D eigenvalue weighted by molar-refractivity contribution is 6.31. The number of halogens is 3. The maximum atomic E-state index is 13.5. The molecule has 0 radical (unpaired) electrons. The van der Waals surface area contributed by atoms with Gasteiger partial charge >= 0.3 is 5.72 Å². The Labute approximate surface area is 187 Å². The molecule has 3 aliphatic heterocycles. The van der Waals surface area contributed by atoms with E-state index in [1.165, 1.54) is 12.1 Å². The second kappa shape index (κ2) is 6.45. The first-order valence-corrected chi connectivity index (χ1v) is 10.4. The van der Waals surface area contributed by atoms with Gasteiger partial charge in [0, 0.05) is 22.0 Å². The van der Waals surface area contributed by atoms with E-state index in [0.29, 0.717) is 33.5 Å². The van der Waals surface area contributed by atoms with Gasteiger partial charge in [-0.05, 0) is 54.1 Å². The van der Waals surface area contributed by atoms with Crippen molar-refractivity contribution in [2.24, 2.45) is 5.10 Å². The lowest BCUT2D eigenvalue weighted by molar-refractivity contribution is -0.161. The Balaban J connectivity index is 1.58. The van der Waals surface area contributed by atoms with Gasteiger partial charge in [0.15, 0.2) is 0 Å². The van der Waals surface area contributed by atoms with Crippen molar-refractivity contribution < 1.29 is 13.9 Å². The number of hydrogen-bond donors (Lipinski definition) is 1. The maximum absolute atomic E-state index is 13.5. The molecule has 3 heterocycles. The fraction of sp³-hybridized carbons (Fsp3) is 0.130. The van der Waals surface area contributed by atoms with E-state index in [4.69, 9.17) is 33.0 Å². The molecule has 6 rings (SSSR count). The van der Waals surface area contributed by atoms with E-state index in [1.807, 2.05) is 6.07 Å². The summed E-state index contributed by atoms with van der Waals surface area (Å²) in [4.78, 5) is 13.4. The summed E-state index contributed by atoms with van der Waals surface area (Å²) in [7, 11) is 0. The third kappa shape index (κ3) is 2.61. The van der Waals surface area contributed by atoms with Crippen molar-refractivity contribution in [1.29, 1.82) is 0 Å². The minimum Gasteiger partial charge on any atom is -0.453 e. The number of nitrogens with one attached hydrogen (secondary N) is 1. The van der Waals surface area contributed by atoms with E-state index in [0.717, 1.165) is 16.8 Å². The van der Waals surface area contributed by atoms with E-state index >= 15 is 0 Å². The van der Waals surface area contributed by atoms with Gasteiger partial charge in [-0.1, -0.05) is 35.3 Å². The number of anilines is 1. The molecule has 0 fully saturated rings. The van der Waals surface area contributed by atoms with E-state index < -0.39 is 5.72 Å². The normalized spacial score (nSPS) is 23.1. The largest absolute Gasteiger partial charge is 0.453 e. The van der Waals surface area contributed by atoms with E-state index in [1.54, 1.807) is 47.5 Å². The lowest BCUT2D eigenvalue weighted by Gasteiger charge is -2.44. The molecule has 8 heteroatoms. The van der Waals surface area contributed by atoms with Crippen molar-refractivity contribution in [1.82, 2.24) is 5.01 Å². The molecule has 1 spiro atoms. The Kier molecular flexibility index (Phi) is 3.88. The lowest BCUT2D eigenvalue weighted by atomic mass is 9.92. The zero-order valence-corrected chi connectivity index (χ0v) is 17.4. The van der Waals surface area contributed by atoms with Crippen molar-refractivity contribution in [2.75, 3.05) is 5.32 Å². The Morgan fingerprint density at radius 2 is 1.81 bits per heavy atom. The fourth-order valence-electron chi connectivity index (χ4n) is 4.50. The van der Waals surface area contributed by atoms with Gasteiger partial charge in [0.05, 0.1) is 23.0 Å². The third-order valence-electron chi connectivity index (χ3n) is 5.90. The van der Waals surface area contributed by atoms with E-state index in [2.05, 4.69) is 5.32 Å². The van der Waals surface area contributed by atoms with Crippen molar-refractivity contribution >= 4 is 40.5 Å². The van der Waals surface area contributed by atoms with Crippen LogP contribution in [-0.4, -0.2) is 16.6 Å². The fourth-order valence-corrected chi connectivity index (χ4v) is 4.85. The number of nitrogens with zero attached hydrogens (tertiary/aromatic N) is 2. The Morgan fingerprint density at radius 1 is 1.06 bits per heavy atom. The average Bonchev–Trinajstić information content (AvgIpc) is 3.31. The van der Waals surface area contributed by atoms with Gasteiger partial charge in [0.2, 0.25) is 0 Å². The third-order valence-corrected chi connectivity index (χ3v) is 6.37. The second-order valence-electron chi connectivity index (χ2n) is 7.69. The smallest absolute Gasteiger partial charge is 0.306 e. The van der Waals surface area contributed by atoms with Crippen molar-refractivity contribution in [3.63, 3.8) is 0 Å². The van der Waals surface area contributed by atoms with Crippen LogP contribution in [0.25, 0.3) is 0 Å². The van der Waals surface area contributed by atoms with Crippen LogP contribution in [0.15, 0.2) is 65.8 Å². The number of amides is 1. The molecule has 154 valence electrons. The van der Waals surface area contributed by atoms with E-state index in [-0.39, 0.29) is 17.8 Å². The topological polar surface area (TPSA) is 53.9 Å². The molecule has 3 aromatic rings. The highest BCUT2D eigenvalue weighted by Crippen LogP contribution is 2.54. The van der Waals surface area contributed by atoms with Crippen LogP contribution in [0, 0.1) is 5.82 Å². The first-order chi connectivity index (χ1) is 15.0. The summed E-state index contributed by atoms with van der Waals surface area (Å²) in [5.74, 6) is -0.112. The molecule has 31 heavy (non-hydrogen) atoms. The molecule has 1 amide bonds. The number of hydrogen-bond acceptors (Lipinski definition) is 4. The van der Waals surface area contributed by atoms with Crippen LogP contribution >= 0.6 is 23.2 Å². The van der Waals surface area contributed by atoms with Crippen LogP contribution in [0.4, 0.5) is 10.1 Å². The number of benzene rings is 3. The van der Waals surface area contributed by atoms with Gasteiger partial charge in [-0.2, -0.15) is 5.10 Å². The van der Waals surface area contributed by atoms with Gasteiger partial charge in [0.1, 0.15) is 11.6 Å². The van der Waals surface area contributed by atoms with Crippen LogP contribution in [0.1, 0.15) is 29.2 Å². The molecule has 5 nitrogen and oxygen atoms in total. The van der Waals surface area contributed by atoms with Crippen molar-refractivity contribution in [2.45, 2.75) is 18.2 Å². The number of fused-ring (bicyclic) bond motifs is 6. The van der Waals surface area contributed by atoms with Crippen molar-refractivity contribution in [3.8, 4) is 5.75 Å². The highest BCUT2D eigenvalue weighted by atomic mass is 35.5. The Morgan fingerprint density at radius 3 is 2.61 bits per heavy atom. The monoisotopic (exact) mass is 453 g/mol. The molecule has 3 aliphatic rings. The number of hydrazone groups is 1. The standard InChI is InChI=1S/C23H14Cl2FN3O2/c24-13-4-8-21-16(9-13)20-11-19(12-1-5-15(26)6-2-12)28-29(20)23(31-21)17-10-14(25)3-7-18(17)27-22(23)30/h1-10,20H,11H2,(H,27,30)/t20-,23+/m1/s1. The zero-order valence-electron chi connectivity index (χ0n) is 15.9. The summed E-state index contributed by atoms with van der Waals surface area (Å²) < 4.78 is 19.8. The Hall–Kier alpha value is -3.09. The second-order valence-corrected chi connectivity index (χ2v) is 8.56. The molecular weight excluding hydrogens is 440 g/mol. The summed E-state index contributed by atoms with van der Waals surface area (Å²) in [6.07, 6.45) is 0.507. The zero-order chi connectivity index (χ0) is 21.3. The molecule has 0 aliphatic carbocycles. The minimum atomic E-state index is -1.51. The summed E-state index contributed by atoms with van der Waals surface area (Å²) in [5, 5.41) is 10.4. The summed E-state index contributed by atoms with van der Waals surface area (Å²) in [6.45, 7) is 0. The highest BCUT2D eigenvalue weighted by Gasteiger charge is 2.61. The predicted molar refractivity (Wildman–Crippen MR) is 116 cm³/mol. The molecule has 0 unspecified atom stereocenters. The number of carbonyl (C=O) groups excluding carboxylic acids is 1. The van der Waals surface area contributed by atoms with Gasteiger partial charge in [0.25, 0.3) is 5.91 Å². The van der Waals surface area contributed by atoms with Crippen LogP contribution in [0.3, 0.4) is 0 Å². The van der Waals surface area contributed by atoms with Gasteiger partial charge in [-0.3, -0.25) is 4.79 Å². The van der Waals surface area contributed by atoms with Crippen molar-refractivity contribution in [3.05, 3.63) is 93.2 Å². The van der Waals surface area contributed by atoms with Gasteiger partial charge < -0.3 is 10.1 Å². The minimum absolute atomic E-state index is 0.293.